The molecule has 0 atom stereocenters. The highest BCUT2D eigenvalue weighted by molar-refractivity contribution is 7.89. The van der Waals surface area contributed by atoms with Crippen LogP contribution in [0.5, 0.6) is 0 Å². The number of rotatable bonds is 4. The summed E-state index contributed by atoms with van der Waals surface area (Å²) in [6, 6.07) is 5.53. The lowest BCUT2D eigenvalue weighted by atomic mass is 10.2. The van der Waals surface area contributed by atoms with Crippen molar-refractivity contribution in [1.82, 2.24) is 14.1 Å². The van der Waals surface area contributed by atoms with E-state index in [0.29, 0.717) is 5.56 Å². The standard InChI is InChI=1S/C15H20F3N3O3S/c1-19(2)25(23,24)13-5-3-12(4-6-13)14(22)21-9-7-20(8-10-21)11-15(16,17)18/h3-6H,7-11H2,1-2H3. The smallest absolute Gasteiger partial charge is 0.336 e. The van der Waals surface area contributed by atoms with Crippen molar-refractivity contribution in [2.45, 2.75) is 11.1 Å². The summed E-state index contributed by atoms with van der Waals surface area (Å²) in [7, 11) is -0.751. The fourth-order valence-electron chi connectivity index (χ4n) is 2.53. The van der Waals surface area contributed by atoms with Crippen LogP contribution in [0.3, 0.4) is 0 Å². The van der Waals surface area contributed by atoms with Gasteiger partial charge < -0.3 is 4.90 Å². The van der Waals surface area contributed by atoms with Gasteiger partial charge in [-0.3, -0.25) is 9.69 Å². The Morgan fingerprint density at radius 1 is 1.08 bits per heavy atom. The maximum atomic E-state index is 12.4. The van der Waals surface area contributed by atoms with Crippen LogP contribution < -0.4 is 0 Å². The number of amides is 1. The lowest BCUT2D eigenvalue weighted by Gasteiger charge is -2.35. The lowest BCUT2D eigenvalue weighted by Crippen LogP contribution is -2.50. The summed E-state index contributed by atoms with van der Waals surface area (Å²) in [5.74, 6) is -0.319. The Morgan fingerprint density at radius 3 is 2.04 bits per heavy atom. The van der Waals surface area contributed by atoms with Gasteiger partial charge in [-0.2, -0.15) is 13.2 Å². The number of sulfonamides is 1. The minimum absolute atomic E-state index is 0.0732. The van der Waals surface area contributed by atoms with Crippen molar-refractivity contribution in [2.24, 2.45) is 0 Å². The van der Waals surface area contributed by atoms with E-state index >= 15 is 0 Å². The van der Waals surface area contributed by atoms with Gasteiger partial charge in [0, 0.05) is 45.8 Å². The summed E-state index contributed by atoms with van der Waals surface area (Å²) in [5.41, 5.74) is 0.307. The number of hydrogen-bond acceptors (Lipinski definition) is 4. The van der Waals surface area contributed by atoms with E-state index in [9.17, 15) is 26.4 Å². The summed E-state index contributed by atoms with van der Waals surface area (Å²) in [6.07, 6.45) is -4.25. The van der Waals surface area contributed by atoms with E-state index < -0.39 is 22.7 Å². The molecule has 0 N–H and O–H groups in total. The van der Waals surface area contributed by atoms with Gasteiger partial charge in [0.25, 0.3) is 5.91 Å². The summed E-state index contributed by atoms with van der Waals surface area (Å²) in [4.78, 5) is 15.2. The van der Waals surface area contributed by atoms with Crippen molar-refractivity contribution in [2.75, 3.05) is 46.8 Å². The number of alkyl halides is 3. The average Bonchev–Trinajstić information content (AvgIpc) is 2.53. The molecular formula is C15H20F3N3O3S. The Hall–Kier alpha value is -1.65. The number of carbonyl (C=O) groups excluding carboxylic acids is 1. The molecule has 1 aliphatic rings. The normalized spacial score (nSPS) is 17.1. The first-order chi connectivity index (χ1) is 11.5. The maximum absolute atomic E-state index is 12.4. The summed E-state index contributed by atoms with van der Waals surface area (Å²) < 4.78 is 62.2. The summed E-state index contributed by atoms with van der Waals surface area (Å²) in [5, 5.41) is 0. The van der Waals surface area contributed by atoms with E-state index in [2.05, 4.69) is 0 Å². The quantitative estimate of drug-likeness (QED) is 0.790. The fraction of sp³-hybridized carbons (Fsp3) is 0.533. The lowest BCUT2D eigenvalue weighted by molar-refractivity contribution is -0.148. The highest BCUT2D eigenvalue weighted by atomic mass is 32.2. The molecule has 0 aliphatic carbocycles. The Bertz CT molecular complexity index is 710. The van der Waals surface area contributed by atoms with Crippen LogP contribution in [0.25, 0.3) is 0 Å². The van der Waals surface area contributed by atoms with Crippen molar-refractivity contribution in [3.63, 3.8) is 0 Å². The van der Waals surface area contributed by atoms with Crippen LogP contribution in [0.1, 0.15) is 10.4 Å². The third kappa shape index (κ3) is 4.93. The van der Waals surface area contributed by atoms with E-state index in [1.54, 1.807) is 0 Å². The first-order valence-electron chi connectivity index (χ1n) is 7.62. The van der Waals surface area contributed by atoms with Gasteiger partial charge in [0.15, 0.2) is 0 Å². The molecule has 1 aromatic carbocycles. The van der Waals surface area contributed by atoms with Crippen molar-refractivity contribution in [3.05, 3.63) is 29.8 Å². The zero-order valence-electron chi connectivity index (χ0n) is 14.0. The molecule has 1 aromatic rings. The number of halogens is 3. The molecule has 1 heterocycles. The highest BCUT2D eigenvalue weighted by Gasteiger charge is 2.33. The first-order valence-corrected chi connectivity index (χ1v) is 9.06. The van der Waals surface area contributed by atoms with Crippen LogP contribution in [0.4, 0.5) is 13.2 Å². The Kier molecular flexibility index (Phi) is 5.75. The minimum Gasteiger partial charge on any atom is -0.336 e. The molecule has 25 heavy (non-hydrogen) atoms. The van der Waals surface area contributed by atoms with Gasteiger partial charge >= 0.3 is 6.18 Å². The molecule has 1 fully saturated rings. The number of nitrogens with zero attached hydrogens (tertiary/aromatic N) is 3. The van der Waals surface area contributed by atoms with E-state index in [1.807, 2.05) is 0 Å². The second-order valence-electron chi connectivity index (χ2n) is 6.00. The Labute approximate surface area is 144 Å². The molecule has 0 radical (unpaired) electrons. The van der Waals surface area contributed by atoms with Gasteiger partial charge in [0.1, 0.15) is 0 Å². The third-order valence-electron chi connectivity index (χ3n) is 3.94. The molecule has 0 aromatic heterocycles. The summed E-state index contributed by atoms with van der Waals surface area (Å²) in [6.45, 7) is -0.276. The zero-order valence-corrected chi connectivity index (χ0v) is 14.8. The van der Waals surface area contributed by atoms with Crippen LogP contribution >= 0.6 is 0 Å². The molecule has 140 valence electrons. The van der Waals surface area contributed by atoms with Gasteiger partial charge in [-0.05, 0) is 24.3 Å². The third-order valence-corrected chi connectivity index (χ3v) is 5.77. The SMILES string of the molecule is CN(C)S(=O)(=O)c1ccc(C(=O)N2CCN(CC(F)(F)F)CC2)cc1. The molecule has 1 saturated heterocycles. The molecule has 0 spiro atoms. The van der Waals surface area contributed by atoms with Crippen molar-refractivity contribution >= 4 is 15.9 Å². The molecule has 1 aliphatic heterocycles. The molecule has 1 amide bonds. The second kappa shape index (κ2) is 7.30. The Morgan fingerprint density at radius 2 is 1.60 bits per heavy atom. The van der Waals surface area contributed by atoms with Crippen molar-refractivity contribution < 1.29 is 26.4 Å². The predicted octanol–water partition coefficient (Wildman–Crippen LogP) is 1.26. The Balaban J connectivity index is 2.00. The van der Waals surface area contributed by atoms with E-state index in [4.69, 9.17) is 0 Å². The molecule has 0 saturated carbocycles. The van der Waals surface area contributed by atoms with Gasteiger partial charge in [-0.15, -0.1) is 0 Å². The molecule has 0 bridgehead atoms. The molecule has 6 nitrogen and oxygen atoms in total. The number of carbonyl (C=O) groups is 1. The molecule has 10 heteroatoms. The van der Waals surface area contributed by atoms with Crippen molar-refractivity contribution in [3.8, 4) is 0 Å². The van der Waals surface area contributed by atoms with Gasteiger partial charge in [-0.1, -0.05) is 0 Å². The van der Waals surface area contributed by atoms with Crippen LogP contribution in [0, 0.1) is 0 Å². The van der Waals surface area contributed by atoms with E-state index in [-0.39, 0.29) is 37.0 Å². The number of benzene rings is 1. The average molecular weight is 379 g/mol. The first kappa shape index (κ1) is 19.7. The fourth-order valence-corrected chi connectivity index (χ4v) is 3.43. The predicted molar refractivity (Wildman–Crippen MR) is 85.7 cm³/mol. The topological polar surface area (TPSA) is 60.9 Å². The molecule has 2 rings (SSSR count). The number of piperazine rings is 1. The minimum atomic E-state index is -4.25. The number of hydrogen-bond donors (Lipinski definition) is 0. The van der Waals surface area contributed by atoms with Gasteiger partial charge in [0.2, 0.25) is 10.0 Å². The van der Waals surface area contributed by atoms with Crippen LogP contribution in [0.15, 0.2) is 29.2 Å². The monoisotopic (exact) mass is 379 g/mol. The van der Waals surface area contributed by atoms with Crippen LogP contribution in [-0.2, 0) is 10.0 Å². The summed E-state index contributed by atoms with van der Waals surface area (Å²) >= 11 is 0. The van der Waals surface area contributed by atoms with Crippen LogP contribution in [0.2, 0.25) is 0 Å². The maximum Gasteiger partial charge on any atom is 0.401 e. The van der Waals surface area contributed by atoms with Crippen LogP contribution in [-0.4, -0.2) is 81.4 Å². The zero-order chi connectivity index (χ0) is 18.8. The van der Waals surface area contributed by atoms with Crippen molar-refractivity contribution in [1.29, 1.82) is 0 Å². The van der Waals surface area contributed by atoms with E-state index in [1.165, 1.54) is 48.2 Å². The largest absolute Gasteiger partial charge is 0.401 e. The van der Waals surface area contributed by atoms with Gasteiger partial charge in [-0.25, -0.2) is 12.7 Å². The molecular weight excluding hydrogens is 359 g/mol. The van der Waals surface area contributed by atoms with E-state index in [0.717, 1.165) is 4.31 Å². The van der Waals surface area contributed by atoms with Gasteiger partial charge in [0.05, 0.1) is 11.4 Å². The molecule has 0 unspecified atom stereocenters. The highest BCUT2D eigenvalue weighted by Crippen LogP contribution is 2.19. The second-order valence-corrected chi connectivity index (χ2v) is 8.15.